The lowest BCUT2D eigenvalue weighted by Gasteiger charge is -2.04. The monoisotopic (exact) mass is 177 g/mol. The minimum atomic E-state index is 0.246. The Kier molecular flexibility index (Phi) is 1.81. The highest BCUT2D eigenvalue weighted by molar-refractivity contribution is 5.84. The first-order chi connectivity index (χ1) is 6.33. The number of fused-ring (bicyclic) bond motifs is 1. The van der Waals surface area contributed by atoms with E-state index in [1.807, 2.05) is 13.0 Å². The lowest BCUT2D eigenvalue weighted by Crippen LogP contribution is -2.14. The molecule has 68 valence electrons. The SMILES string of the molecule is CCNn1ncc2cccc(O)c21. The van der Waals surface area contributed by atoms with Crippen LogP contribution in [0.15, 0.2) is 24.4 Å². The van der Waals surface area contributed by atoms with Crippen LogP contribution in [0.25, 0.3) is 10.9 Å². The third-order valence-electron chi connectivity index (χ3n) is 1.88. The molecule has 0 radical (unpaired) electrons. The predicted molar refractivity (Wildman–Crippen MR) is 51.3 cm³/mol. The van der Waals surface area contributed by atoms with Gasteiger partial charge in [-0.15, -0.1) is 0 Å². The number of rotatable bonds is 2. The Bertz CT molecular complexity index is 422. The molecule has 2 rings (SSSR count). The fourth-order valence-corrected chi connectivity index (χ4v) is 1.33. The second kappa shape index (κ2) is 2.97. The third-order valence-corrected chi connectivity index (χ3v) is 1.88. The summed E-state index contributed by atoms with van der Waals surface area (Å²) in [5, 5.41) is 14.6. The Labute approximate surface area is 75.8 Å². The molecule has 0 spiro atoms. The van der Waals surface area contributed by atoms with Crippen LogP contribution >= 0.6 is 0 Å². The number of aromatic hydroxyl groups is 1. The molecule has 4 heteroatoms. The zero-order valence-corrected chi connectivity index (χ0v) is 7.36. The number of phenols is 1. The van der Waals surface area contributed by atoms with E-state index in [1.54, 1.807) is 23.1 Å². The number of nitrogens with zero attached hydrogens (tertiary/aromatic N) is 2. The lowest BCUT2D eigenvalue weighted by atomic mass is 10.2. The Hall–Kier alpha value is -1.71. The number of phenolic OH excluding ortho intramolecular Hbond substituents is 1. The van der Waals surface area contributed by atoms with Crippen molar-refractivity contribution >= 4 is 10.9 Å². The number of para-hydroxylation sites is 1. The summed E-state index contributed by atoms with van der Waals surface area (Å²) in [5.74, 6) is 0.246. The van der Waals surface area contributed by atoms with E-state index < -0.39 is 0 Å². The Morgan fingerprint density at radius 2 is 2.38 bits per heavy atom. The van der Waals surface area contributed by atoms with Crippen LogP contribution in [0.5, 0.6) is 5.75 Å². The molecule has 1 heterocycles. The zero-order valence-electron chi connectivity index (χ0n) is 7.36. The normalized spacial score (nSPS) is 10.5. The lowest BCUT2D eigenvalue weighted by molar-refractivity contribution is 0.478. The van der Waals surface area contributed by atoms with Crippen molar-refractivity contribution < 1.29 is 5.11 Å². The molecule has 13 heavy (non-hydrogen) atoms. The van der Waals surface area contributed by atoms with Crippen molar-refractivity contribution in [2.75, 3.05) is 12.0 Å². The second-order valence-electron chi connectivity index (χ2n) is 2.78. The highest BCUT2D eigenvalue weighted by Crippen LogP contribution is 2.22. The summed E-state index contributed by atoms with van der Waals surface area (Å²) in [5.41, 5.74) is 3.74. The maximum absolute atomic E-state index is 9.57. The van der Waals surface area contributed by atoms with E-state index in [9.17, 15) is 5.11 Å². The molecule has 0 aliphatic carbocycles. The summed E-state index contributed by atoms with van der Waals surface area (Å²) in [6.07, 6.45) is 1.72. The number of hydrogen-bond donors (Lipinski definition) is 2. The van der Waals surface area contributed by atoms with Gasteiger partial charge in [-0.25, -0.2) is 0 Å². The molecule has 0 amide bonds. The van der Waals surface area contributed by atoms with Crippen molar-refractivity contribution in [2.24, 2.45) is 0 Å². The predicted octanol–water partition coefficient (Wildman–Crippen LogP) is 1.31. The Balaban J connectivity index is 2.64. The molecule has 4 nitrogen and oxygen atoms in total. The van der Waals surface area contributed by atoms with E-state index in [-0.39, 0.29) is 5.75 Å². The summed E-state index contributed by atoms with van der Waals surface area (Å²) in [7, 11) is 0. The van der Waals surface area contributed by atoms with Crippen LogP contribution in [-0.2, 0) is 0 Å². The van der Waals surface area contributed by atoms with Gasteiger partial charge in [-0.2, -0.15) is 9.89 Å². The molecule has 1 aromatic carbocycles. The molecule has 0 aliphatic rings. The fraction of sp³-hybridized carbons (Fsp3) is 0.222. The van der Waals surface area contributed by atoms with E-state index in [4.69, 9.17) is 0 Å². The fourth-order valence-electron chi connectivity index (χ4n) is 1.33. The first-order valence-corrected chi connectivity index (χ1v) is 4.22. The van der Waals surface area contributed by atoms with Crippen LogP contribution in [-0.4, -0.2) is 21.5 Å². The van der Waals surface area contributed by atoms with Crippen molar-refractivity contribution in [3.63, 3.8) is 0 Å². The highest BCUT2D eigenvalue weighted by Gasteiger charge is 2.05. The van der Waals surface area contributed by atoms with E-state index in [0.717, 1.165) is 17.4 Å². The molecule has 0 bridgehead atoms. The van der Waals surface area contributed by atoms with Gasteiger partial charge >= 0.3 is 0 Å². The largest absolute Gasteiger partial charge is 0.506 e. The zero-order chi connectivity index (χ0) is 9.26. The minimum Gasteiger partial charge on any atom is -0.506 e. The molecule has 2 aromatic rings. The summed E-state index contributed by atoms with van der Waals surface area (Å²) < 4.78 is 0. The standard InChI is InChI=1S/C9H11N3O/c1-2-10-12-9-7(6-11-12)4-3-5-8(9)13/h3-6,10,13H,2H2,1H3. The van der Waals surface area contributed by atoms with Gasteiger partial charge in [-0.1, -0.05) is 12.1 Å². The van der Waals surface area contributed by atoms with Crippen molar-refractivity contribution in [1.82, 2.24) is 9.89 Å². The van der Waals surface area contributed by atoms with Gasteiger partial charge in [0.15, 0.2) is 0 Å². The molecule has 0 saturated heterocycles. The van der Waals surface area contributed by atoms with Gasteiger partial charge in [0.2, 0.25) is 0 Å². The Morgan fingerprint density at radius 3 is 3.15 bits per heavy atom. The molecular weight excluding hydrogens is 166 g/mol. The van der Waals surface area contributed by atoms with Gasteiger partial charge in [0.1, 0.15) is 11.3 Å². The first kappa shape index (κ1) is 7.91. The molecule has 0 atom stereocenters. The van der Waals surface area contributed by atoms with E-state index in [0.29, 0.717) is 0 Å². The van der Waals surface area contributed by atoms with Crippen LogP contribution in [0.1, 0.15) is 6.92 Å². The highest BCUT2D eigenvalue weighted by atomic mass is 16.3. The average molecular weight is 177 g/mol. The van der Waals surface area contributed by atoms with E-state index in [2.05, 4.69) is 10.5 Å². The topological polar surface area (TPSA) is 50.1 Å². The third kappa shape index (κ3) is 1.20. The van der Waals surface area contributed by atoms with Gasteiger partial charge in [-0.3, -0.25) is 0 Å². The van der Waals surface area contributed by atoms with Crippen LogP contribution in [0.4, 0.5) is 0 Å². The second-order valence-corrected chi connectivity index (χ2v) is 2.78. The first-order valence-electron chi connectivity index (χ1n) is 4.22. The number of nitrogens with one attached hydrogen (secondary N) is 1. The maximum Gasteiger partial charge on any atom is 0.143 e. The average Bonchev–Trinajstić information content (AvgIpc) is 2.51. The van der Waals surface area contributed by atoms with E-state index >= 15 is 0 Å². The van der Waals surface area contributed by atoms with Crippen LogP contribution in [0.2, 0.25) is 0 Å². The minimum absolute atomic E-state index is 0.246. The number of benzene rings is 1. The van der Waals surface area contributed by atoms with Gasteiger partial charge in [0.25, 0.3) is 0 Å². The Morgan fingerprint density at radius 1 is 1.54 bits per heavy atom. The summed E-state index contributed by atoms with van der Waals surface area (Å²) in [6.45, 7) is 2.75. The van der Waals surface area contributed by atoms with Crippen LogP contribution < -0.4 is 5.43 Å². The molecule has 2 N–H and O–H groups in total. The molecule has 0 fully saturated rings. The summed E-state index contributed by atoms with van der Waals surface area (Å²) >= 11 is 0. The van der Waals surface area contributed by atoms with Gasteiger partial charge in [0.05, 0.1) is 6.20 Å². The molecular formula is C9H11N3O. The van der Waals surface area contributed by atoms with Crippen LogP contribution in [0, 0.1) is 0 Å². The van der Waals surface area contributed by atoms with Crippen LogP contribution in [0.3, 0.4) is 0 Å². The maximum atomic E-state index is 9.57. The smallest absolute Gasteiger partial charge is 0.143 e. The summed E-state index contributed by atoms with van der Waals surface area (Å²) in [6, 6.07) is 5.36. The van der Waals surface area contributed by atoms with E-state index in [1.165, 1.54) is 0 Å². The van der Waals surface area contributed by atoms with Crippen molar-refractivity contribution in [3.8, 4) is 5.75 Å². The molecule has 0 aliphatic heterocycles. The van der Waals surface area contributed by atoms with Crippen molar-refractivity contribution in [3.05, 3.63) is 24.4 Å². The van der Waals surface area contributed by atoms with Gasteiger partial charge in [-0.05, 0) is 13.0 Å². The molecule has 1 aromatic heterocycles. The number of aromatic nitrogens is 2. The van der Waals surface area contributed by atoms with Gasteiger partial charge < -0.3 is 10.5 Å². The summed E-state index contributed by atoms with van der Waals surface area (Å²) in [4.78, 5) is 1.59. The van der Waals surface area contributed by atoms with Gasteiger partial charge in [0, 0.05) is 11.9 Å². The molecule has 0 saturated carbocycles. The van der Waals surface area contributed by atoms with Crippen molar-refractivity contribution in [1.29, 1.82) is 0 Å². The number of hydrogen-bond acceptors (Lipinski definition) is 3. The quantitative estimate of drug-likeness (QED) is 0.727. The molecule has 0 unspecified atom stereocenters. The van der Waals surface area contributed by atoms with Crippen molar-refractivity contribution in [2.45, 2.75) is 6.92 Å².